The molecule has 2 N–H and O–H groups in total. The molecule has 2 rings (SSSR count). The van der Waals surface area contributed by atoms with Crippen LogP contribution in [0, 0.1) is 0 Å². The minimum atomic E-state index is -0.494. The van der Waals surface area contributed by atoms with E-state index in [1.165, 1.54) is 0 Å². The summed E-state index contributed by atoms with van der Waals surface area (Å²) in [6.07, 6.45) is 0.492. The van der Waals surface area contributed by atoms with Crippen LogP contribution in [0.15, 0.2) is 28.7 Å². The Morgan fingerprint density at radius 1 is 1.45 bits per heavy atom. The number of hydrogen-bond acceptors (Lipinski definition) is 3. The summed E-state index contributed by atoms with van der Waals surface area (Å²) in [5.41, 5.74) is 6.73. The standard InChI is InChI=1S/C15H21BrN2O2/c1-15(2,3)20-14(19)18-8-7-12(17)13(18)10-5-4-6-11(16)9-10/h4-6,9,12-13H,7-8,17H2,1-3H3. The maximum Gasteiger partial charge on any atom is 0.410 e. The van der Waals surface area contributed by atoms with Crippen molar-refractivity contribution in [3.05, 3.63) is 34.3 Å². The van der Waals surface area contributed by atoms with E-state index in [1.54, 1.807) is 4.90 Å². The minimum Gasteiger partial charge on any atom is -0.444 e. The molecule has 1 aliphatic heterocycles. The molecular formula is C15H21BrN2O2. The molecule has 1 amide bonds. The van der Waals surface area contributed by atoms with Crippen molar-refractivity contribution in [2.45, 2.75) is 44.9 Å². The van der Waals surface area contributed by atoms with E-state index >= 15 is 0 Å². The second-order valence-corrected chi connectivity index (χ2v) is 7.04. The number of halogens is 1. The van der Waals surface area contributed by atoms with Crippen LogP contribution < -0.4 is 5.73 Å². The van der Waals surface area contributed by atoms with Crippen molar-refractivity contribution < 1.29 is 9.53 Å². The van der Waals surface area contributed by atoms with Gasteiger partial charge in [0.1, 0.15) is 5.60 Å². The van der Waals surface area contributed by atoms with E-state index in [0.717, 1.165) is 16.5 Å². The molecular weight excluding hydrogens is 320 g/mol. The highest BCUT2D eigenvalue weighted by molar-refractivity contribution is 9.10. The molecule has 1 fully saturated rings. The molecule has 20 heavy (non-hydrogen) atoms. The number of ether oxygens (including phenoxy) is 1. The van der Waals surface area contributed by atoms with Gasteiger partial charge >= 0.3 is 6.09 Å². The third-order valence-corrected chi connectivity index (χ3v) is 3.76. The highest BCUT2D eigenvalue weighted by atomic mass is 79.9. The first-order chi connectivity index (χ1) is 9.28. The second-order valence-electron chi connectivity index (χ2n) is 6.13. The summed E-state index contributed by atoms with van der Waals surface area (Å²) in [5.74, 6) is 0. The average molecular weight is 341 g/mol. The summed E-state index contributed by atoms with van der Waals surface area (Å²) in [6, 6.07) is 7.74. The van der Waals surface area contributed by atoms with E-state index in [4.69, 9.17) is 10.5 Å². The van der Waals surface area contributed by atoms with Gasteiger partial charge in [-0.25, -0.2) is 4.79 Å². The molecule has 1 aromatic carbocycles. The van der Waals surface area contributed by atoms with Crippen molar-refractivity contribution in [2.24, 2.45) is 5.73 Å². The molecule has 1 aliphatic rings. The van der Waals surface area contributed by atoms with Crippen LogP contribution in [0.1, 0.15) is 38.8 Å². The van der Waals surface area contributed by atoms with Crippen LogP contribution >= 0.6 is 15.9 Å². The fourth-order valence-corrected chi connectivity index (χ4v) is 2.88. The molecule has 0 radical (unpaired) electrons. The van der Waals surface area contributed by atoms with Gasteiger partial charge in [-0.2, -0.15) is 0 Å². The number of carbonyl (C=O) groups excluding carboxylic acids is 1. The zero-order valence-corrected chi connectivity index (χ0v) is 13.7. The Kier molecular flexibility index (Phi) is 4.39. The molecule has 110 valence electrons. The summed E-state index contributed by atoms with van der Waals surface area (Å²) >= 11 is 3.46. The number of likely N-dealkylation sites (tertiary alicyclic amines) is 1. The zero-order chi connectivity index (χ0) is 14.9. The first-order valence-corrected chi connectivity index (χ1v) is 7.58. The van der Waals surface area contributed by atoms with Gasteiger partial charge in [-0.05, 0) is 44.9 Å². The molecule has 1 aromatic rings. The van der Waals surface area contributed by atoms with Gasteiger partial charge in [-0.3, -0.25) is 4.90 Å². The normalized spacial score (nSPS) is 22.9. The lowest BCUT2D eigenvalue weighted by molar-refractivity contribution is 0.0218. The van der Waals surface area contributed by atoms with Crippen LogP contribution in [0.5, 0.6) is 0 Å². The van der Waals surface area contributed by atoms with Crippen molar-refractivity contribution in [2.75, 3.05) is 6.54 Å². The number of rotatable bonds is 1. The smallest absolute Gasteiger partial charge is 0.410 e. The Labute approximate surface area is 128 Å². The summed E-state index contributed by atoms with van der Waals surface area (Å²) in [5, 5.41) is 0. The molecule has 0 aliphatic carbocycles. The van der Waals surface area contributed by atoms with Crippen LogP contribution in [0.2, 0.25) is 0 Å². The molecule has 5 heteroatoms. The highest BCUT2D eigenvalue weighted by Gasteiger charge is 2.38. The third-order valence-electron chi connectivity index (χ3n) is 3.26. The molecule has 1 heterocycles. The second kappa shape index (κ2) is 5.74. The van der Waals surface area contributed by atoms with Crippen LogP contribution in [0.3, 0.4) is 0 Å². The first-order valence-electron chi connectivity index (χ1n) is 6.78. The number of amides is 1. The lowest BCUT2D eigenvalue weighted by Gasteiger charge is -2.30. The number of nitrogens with two attached hydrogens (primary N) is 1. The van der Waals surface area contributed by atoms with Gasteiger partial charge in [0.2, 0.25) is 0 Å². The maximum absolute atomic E-state index is 12.3. The van der Waals surface area contributed by atoms with Gasteiger partial charge in [0.05, 0.1) is 6.04 Å². The number of benzene rings is 1. The minimum absolute atomic E-state index is 0.0585. The van der Waals surface area contributed by atoms with Crippen LogP contribution in [-0.4, -0.2) is 29.2 Å². The number of hydrogen-bond donors (Lipinski definition) is 1. The molecule has 4 nitrogen and oxygen atoms in total. The van der Waals surface area contributed by atoms with Crippen LogP contribution in [-0.2, 0) is 4.74 Å². The van der Waals surface area contributed by atoms with Crippen molar-refractivity contribution >= 4 is 22.0 Å². The third kappa shape index (κ3) is 3.52. The predicted molar refractivity (Wildman–Crippen MR) is 82.4 cm³/mol. The van der Waals surface area contributed by atoms with Crippen LogP contribution in [0.25, 0.3) is 0 Å². The van der Waals surface area contributed by atoms with Gasteiger partial charge in [-0.15, -0.1) is 0 Å². The predicted octanol–water partition coefficient (Wildman–Crippen LogP) is 3.46. The Morgan fingerprint density at radius 3 is 2.75 bits per heavy atom. The highest BCUT2D eigenvalue weighted by Crippen LogP contribution is 2.33. The molecule has 0 bridgehead atoms. The molecule has 0 saturated carbocycles. The van der Waals surface area contributed by atoms with E-state index in [0.29, 0.717) is 6.54 Å². The van der Waals surface area contributed by atoms with Crippen molar-refractivity contribution in [1.29, 1.82) is 0 Å². The van der Waals surface area contributed by atoms with E-state index in [2.05, 4.69) is 15.9 Å². The van der Waals surface area contributed by atoms with Gasteiger partial charge in [-0.1, -0.05) is 28.1 Å². The quantitative estimate of drug-likeness (QED) is 0.851. The van der Waals surface area contributed by atoms with Gasteiger partial charge < -0.3 is 10.5 Å². The first kappa shape index (κ1) is 15.3. The van der Waals surface area contributed by atoms with Gasteiger partial charge in [0, 0.05) is 17.1 Å². The number of carbonyl (C=O) groups is 1. The van der Waals surface area contributed by atoms with Crippen molar-refractivity contribution in [3.63, 3.8) is 0 Å². The Bertz CT molecular complexity index is 499. The Morgan fingerprint density at radius 2 is 2.15 bits per heavy atom. The van der Waals surface area contributed by atoms with E-state index in [-0.39, 0.29) is 18.2 Å². The summed E-state index contributed by atoms with van der Waals surface area (Å²) < 4.78 is 6.46. The van der Waals surface area contributed by atoms with Gasteiger partial charge in [0.15, 0.2) is 0 Å². The van der Waals surface area contributed by atoms with Gasteiger partial charge in [0.25, 0.3) is 0 Å². The molecule has 0 aromatic heterocycles. The summed E-state index contributed by atoms with van der Waals surface area (Å²) in [4.78, 5) is 14.0. The fourth-order valence-electron chi connectivity index (χ4n) is 2.46. The average Bonchev–Trinajstić information content (AvgIpc) is 2.69. The molecule has 1 saturated heterocycles. The fraction of sp³-hybridized carbons (Fsp3) is 0.533. The van der Waals surface area contributed by atoms with E-state index < -0.39 is 5.60 Å². The monoisotopic (exact) mass is 340 g/mol. The lowest BCUT2D eigenvalue weighted by atomic mass is 10.0. The summed E-state index contributed by atoms with van der Waals surface area (Å²) in [7, 11) is 0. The summed E-state index contributed by atoms with van der Waals surface area (Å²) in [6.45, 7) is 6.24. The largest absolute Gasteiger partial charge is 0.444 e. The zero-order valence-electron chi connectivity index (χ0n) is 12.1. The maximum atomic E-state index is 12.3. The lowest BCUT2D eigenvalue weighted by Crippen LogP contribution is -2.39. The topological polar surface area (TPSA) is 55.6 Å². The van der Waals surface area contributed by atoms with Crippen molar-refractivity contribution in [3.8, 4) is 0 Å². The SMILES string of the molecule is CC(C)(C)OC(=O)N1CCC(N)C1c1cccc(Br)c1. The Balaban J connectivity index is 2.23. The number of nitrogens with zero attached hydrogens (tertiary/aromatic N) is 1. The van der Waals surface area contributed by atoms with Crippen molar-refractivity contribution in [1.82, 2.24) is 4.90 Å². The van der Waals surface area contributed by atoms with E-state index in [9.17, 15) is 4.79 Å². The molecule has 2 unspecified atom stereocenters. The molecule has 0 spiro atoms. The van der Waals surface area contributed by atoms with E-state index in [1.807, 2.05) is 45.0 Å². The molecule has 2 atom stereocenters. The van der Waals surface area contributed by atoms with Crippen LogP contribution in [0.4, 0.5) is 4.79 Å². The Hall–Kier alpha value is -1.07.